The maximum absolute atomic E-state index is 12.4. The predicted molar refractivity (Wildman–Crippen MR) is 97.8 cm³/mol. The van der Waals surface area contributed by atoms with Gasteiger partial charge in [0, 0.05) is 17.2 Å². The molecule has 1 aromatic carbocycles. The molecule has 1 fully saturated rings. The highest BCUT2D eigenvalue weighted by molar-refractivity contribution is 9.10. The van der Waals surface area contributed by atoms with Gasteiger partial charge in [0.1, 0.15) is 0 Å². The predicted octanol–water partition coefficient (Wildman–Crippen LogP) is 2.85. The number of nitrogens with zero attached hydrogens (tertiary/aromatic N) is 1. The lowest BCUT2D eigenvalue weighted by Gasteiger charge is -2.28. The number of benzene rings is 1. The van der Waals surface area contributed by atoms with E-state index in [4.69, 9.17) is 5.73 Å². The summed E-state index contributed by atoms with van der Waals surface area (Å²) in [5.74, 6) is -0.365. The minimum atomic E-state index is -0.789. The second-order valence-corrected chi connectivity index (χ2v) is 6.95. The Morgan fingerprint density at radius 2 is 1.96 bits per heavy atom. The molecule has 128 valence electrons. The van der Waals surface area contributed by atoms with E-state index in [9.17, 15) is 9.59 Å². The van der Waals surface area contributed by atoms with Crippen LogP contribution in [-0.2, 0) is 9.59 Å². The van der Waals surface area contributed by atoms with Crippen molar-refractivity contribution < 1.29 is 9.59 Å². The first kappa shape index (κ1) is 19.9. The van der Waals surface area contributed by atoms with Gasteiger partial charge in [-0.3, -0.25) is 9.59 Å². The number of carbonyl (C=O) groups is 2. The lowest BCUT2D eigenvalue weighted by Crippen LogP contribution is -2.53. The van der Waals surface area contributed by atoms with Crippen molar-refractivity contribution >= 4 is 45.8 Å². The van der Waals surface area contributed by atoms with Crippen molar-refractivity contribution in [3.05, 3.63) is 28.2 Å². The van der Waals surface area contributed by atoms with E-state index in [0.29, 0.717) is 12.8 Å². The quantitative estimate of drug-likeness (QED) is 0.810. The highest BCUT2D eigenvalue weighted by Gasteiger charge is 2.39. The molecular formula is C16H23BrClN3O2. The van der Waals surface area contributed by atoms with Crippen LogP contribution in [0.4, 0.5) is 5.69 Å². The first-order valence-corrected chi connectivity index (χ1v) is 8.21. The molecule has 1 aliphatic rings. The van der Waals surface area contributed by atoms with E-state index >= 15 is 0 Å². The first-order valence-electron chi connectivity index (χ1n) is 7.42. The number of hydrogen-bond donors (Lipinski definition) is 2. The normalized spacial score (nSPS) is 15.7. The minimum Gasteiger partial charge on any atom is -0.335 e. The molecule has 1 aromatic rings. The maximum atomic E-state index is 12.4. The van der Waals surface area contributed by atoms with Gasteiger partial charge in [0.15, 0.2) is 0 Å². The lowest BCUT2D eigenvalue weighted by atomic mass is 9.97. The number of carbonyl (C=O) groups excluding carboxylic acids is 2. The largest absolute Gasteiger partial charge is 0.335 e. The van der Waals surface area contributed by atoms with Crippen molar-refractivity contribution in [2.45, 2.75) is 38.1 Å². The molecule has 3 N–H and O–H groups in total. The number of anilines is 1. The van der Waals surface area contributed by atoms with Gasteiger partial charge in [0.05, 0.1) is 12.1 Å². The van der Waals surface area contributed by atoms with Crippen LogP contribution >= 0.6 is 28.3 Å². The highest BCUT2D eigenvalue weighted by Crippen LogP contribution is 2.28. The van der Waals surface area contributed by atoms with E-state index < -0.39 is 5.54 Å². The van der Waals surface area contributed by atoms with Crippen molar-refractivity contribution in [3.8, 4) is 0 Å². The van der Waals surface area contributed by atoms with Gasteiger partial charge in [0.25, 0.3) is 0 Å². The van der Waals surface area contributed by atoms with Gasteiger partial charge in [-0.25, -0.2) is 0 Å². The summed E-state index contributed by atoms with van der Waals surface area (Å²) in [6, 6.07) is 5.63. The Labute approximate surface area is 151 Å². The second-order valence-electron chi connectivity index (χ2n) is 6.03. The van der Waals surface area contributed by atoms with E-state index in [1.54, 1.807) is 7.05 Å². The number of amides is 2. The molecule has 0 aromatic heterocycles. The van der Waals surface area contributed by atoms with E-state index in [1.165, 1.54) is 4.90 Å². The fraction of sp³-hybridized carbons (Fsp3) is 0.500. The zero-order valence-electron chi connectivity index (χ0n) is 13.4. The van der Waals surface area contributed by atoms with Gasteiger partial charge in [-0.05, 0) is 43.5 Å². The number of rotatable bonds is 4. The molecule has 0 atom stereocenters. The molecule has 0 spiro atoms. The molecule has 0 saturated heterocycles. The third-order valence-corrected chi connectivity index (χ3v) is 4.60. The fourth-order valence-electron chi connectivity index (χ4n) is 2.84. The molecule has 0 aliphatic heterocycles. The number of nitrogens with one attached hydrogen (secondary N) is 1. The lowest BCUT2D eigenvalue weighted by molar-refractivity contribution is -0.138. The number of likely N-dealkylation sites (N-methyl/N-ethyl adjacent to an activating group) is 1. The SMILES string of the molecule is Cc1cc(Br)ccc1NC(=O)CN(C)C(=O)C1(N)CCCC1.Cl. The Morgan fingerprint density at radius 1 is 1.35 bits per heavy atom. The Hall–Kier alpha value is -1.11. The Balaban J connectivity index is 0.00000264. The molecule has 7 heteroatoms. The van der Waals surface area contributed by atoms with Crippen LogP contribution in [0.1, 0.15) is 31.2 Å². The molecule has 5 nitrogen and oxygen atoms in total. The van der Waals surface area contributed by atoms with Crippen molar-refractivity contribution in [3.63, 3.8) is 0 Å². The second kappa shape index (κ2) is 8.13. The molecule has 0 radical (unpaired) electrons. The van der Waals surface area contributed by atoms with Crippen LogP contribution in [0.15, 0.2) is 22.7 Å². The fourth-order valence-corrected chi connectivity index (χ4v) is 3.32. The van der Waals surface area contributed by atoms with E-state index in [1.807, 2.05) is 25.1 Å². The monoisotopic (exact) mass is 403 g/mol. The van der Waals surface area contributed by atoms with Crippen LogP contribution in [0.25, 0.3) is 0 Å². The summed E-state index contributed by atoms with van der Waals surface area (Å²) in [4.78, 5) is 25.9. The molecule has 2 rings (SSSR count). The minimum absolute atomic E-state index is 0. The van der Waals surface area contributed by atoms with Gasteiger partial charge in [-0.15, -0.1) is 12.4 Å². The summed E-state index contributed by atoms with van der Waals surface area (Å²) in [6.07, 6.45) is 3.34. The van der Waals surface area contributed by atoms with Crippen LogP contribution in [-0.4, -0.2) is 35.8 Å². The van der Waals surface area contributed by atoms with Gasteiger partial charge in [-0.2, -0.15) is 0 Å². The van der Waals surface area contributed by atoms with E-state index in [0.717, 1.165) is 28.6 Å². The van der Waals surface area contributed by atoms with E-state index in [2.05, 4.69) is 21.2 Å². The molecule has 2 amide bonds. The van der Waals surface area contributed by atoms with Crippen molar-refractivity contribution in [2.75, 3.05) is 18.9 Å². The number of aryl methyl sites for hydroxylation is 1. The zero-order chi connectivity index (χ0) is 16.3. The summed E-state index contributed by atoms with van der Waals surface area (Å²) in [5, 5.41) is 2.83. The van der Waals surface area contributed by atoms with Crippen molar-refractivity contribution in [1.29, 1.82) is 0 Å². The molecular weight excluding hydrogens is 382 g/mol. The number of nitrogens with two attached hydrogens (primary N) is 1. The molecule has 23 heavy (non-hydrogen) atoms. The van der Waals surface area contributed by atoms with Crippen LogP contribution < -0.4 is 11.1 Å². The van der Waals surface area contributed by atoms with Crippen molar-refractivity contribution in [1.82, 2.24) is 4.90 Å². The molecule has 0 unspecified atom stereocenters. The van der Waals surface area contributed by atoms with Crippen molar-refractivity contribution in [2.24, 2.45) is 5.73 Å². The van der Waals surface area contributed by atoms with Crippen LogP contribution in [0.2, 0.25) is 0 Å². The third kappa shape index (κ3) is 4.93. The highest BCUT2D eigenvalue weighted by atomic mass is 79.9. The average molecular weight is 405 g/mol. The van der Waals surface area contributed by atoms with Crippen LogP contribution in [0.5, 0.6) is 0 Å². The molecule has 0 bridgehead atoms. The summed E-state index contributed by atoms with van der Waals surface area (Å²) < 4.78 is 0.960. The van der Waals surface area contributed by atoms with Crippen LogP contribution in [0, 0.1) is 6.92 Å². The first-order chi connectivity index (χ1) is 10.3. The molecule has 0 heterocycles. The van der Waals surface area contributed by atoms with Gasteiger partial charge in [-0.1, -0.05) is 28.8 Å². The number of hydrogen-bond acceptors (Lipinski definition) is 3. The van der Waals surface area contributed by atoms with E-state index in [-0.39, 0.29) is 30.8 Å². The van der Waals surface area contributed by atoms with Gasteiger partial charge >= 0.3 is 0 Å². The van der Waals surface area contributed by atoms with Gasteiger partial charge < -0.3 is 16.0 Å². The van der Waals surface area contributed by atoms with Crippen LogP contribution in [0.3, 0.4) is 0 Å². The Kier molecular flexibility index (Phi) is 7.04. The zero-order valence-corrected chi connectivity index (χ0v) is 15.8. The molecule has 1 aliphatic carbocycles. The standard InChI is InChI=1S/C16H22BrN3O2.ClH/c1-11-9-12(17)5-6-13(11)19-14(21)10-20(2)15(22)16(18)7-3-4-8-16;/h5-6,9H,3-4,7-8,10,18H2,1-2H3,(H,19,21);1H. The summed E-state index contributed by atoms with van der Waals surface area (Å²) >= 11 is 3.39. The topological polar surface area (TPSA) is 75.4 Å². The average Bonchev–Trinajstić information content (AvgIpc) is 2.89. The maximum Gasteiger partial charge on any atom is 0.243 e. The number of halogens is 2. The third-order valence-electron chi connectivity index (χ3n) is 4.11. The Bertz CT molecular complexity index is 589. The van der Waals surface area contributed by atoms with Gasteiger partial charge in [0.2, 0.25) is 11.8 Å². The summed E-state index contributed by atoms with van der Waals surface area (Å²) in [6.45, 7) is 1.93. The molecule has 1 saturated carbocycles. The Morgan fingerprint density at radius 3 is 2.52 bits per heavy atom. The summed E-state index contributed by atoms with van der Waals surface area (Å²) in [5.41, 5.74) is 7.06. The smallest absolute Gasteiger partial charge is 0.243 e. The summed E-state index contributed by atoms with van der Waals surface area (Å²) in [7, 11) is 1.63.